The van der Waals surface area contributed by atoms with Crippen molar-refractivity contribution in [2.75, 3.05) is 20.3 Å². The zero-order valence-corrected chi connectivity index (χ0v) is 8.85. The lowest BCUT2D eigenvalue weighted by atomic mass is 9.97. The van der Waals surface area contributed by atoms with Crippen molar-refractivity contribution in [2.24, 2.45) is 11.7 Å². The number of nitrogens with zero attached hydrogens (tertiary/aromatic N) is 1. The Kier molecular flexibility index (Phi) is 3.18. The van der Waals surface area contributed by atoms with Gasteiger partial charge in [-0.1, -0.05) is 0 Å². The predicted molar refractivity (Wildman–Crippen MR) is 56.6 cm³/mol. The number of rotatable bonds is 3. The molecule has 2 unspecified atom stereocenters. The van der Waals surface area contributed by atoms with Crippen LogP contribution >= 0.6 is 0 Å². The molecule has 1 aromatic rings. The van der Waals surface area contributed by atoms with Gasteiger partial charge in [-0.05, 0) is 24.6 Å². The molecule has 1 aliphatic heterocycles. The molecular formula is C11H16N2O2. The molecule has 0 spiro atoms. The van der Waals surface area contributed by atoms with E-state index in [4.69, 9.17) is 15.2 Å². The van der Waals surface area contributed by atoms with Crippen LogP contribution < -0.4 is 10.5 Å². The molecule has 4 nitrogen and oxygen atoms in total. The molecule has 0 amide bonds. The third kappa shape index (κ3) is 2.11. The quantitative estimate of drug-likeness (QED) is 0.809. The molecule has 0 aromatic carbocycles. The van der Waals surface area contributed by atoms with Gasteiger partial charge in [-0.3, -0.25) is 0 Å². The Hall–Kier alpha value is -1.13. The van der Waals surface area contributed by atoms with E-state index < -0.39 is 0 Å². The van der Waals surface area contributed by atoms with Crippen LogP contribution in [0.2, 0.25) is 0 Å². The van der Waals surface area contributed by atoms with Crippen LogP contribution in [-0.2, 0) is 4.74 Å². The Morgan fingerprint density at radius 3 is 3.07 bits per heavy atom. The fourth-order valence-corrected chi connectivity index (χ4v) is 1.92. The fraction of sp³-hybridized carbons (Fsp3) is 0.545. The summed E-state index contributed by atoms with van der Waals surface area (Å²) in [6.07, 6.45) is 2.94. The van der Waals surface area contributed by atoms with Crippen molar-refractivity contribution in [3.63, 3.8) is 0 Å². The minimum atomic E-state index is 0.105. The van der Waals surface area contributed by atoms with Crippen molar-refractivity contribution in [2.45, 2.75) is 12.5 Å². The maximum Gasteiger partial charge on any atom is 0.212 e. The van der Waals surface area contributed by atoms with Crippen LogP contribution in [0.4, 0.5) is 0 Å². The lowest BCUT2D eigenvalue weighted by molar-refractivity contribution is 0.0921. The summed E-state index contributed by atoms with van der Waals surface area (Å²) in [4.78, 5) is 4.17. The van der Waals surface area contributed by atoms with Gasteiger partial charge in [-0.2, -0.15) is 0 Å². The second kappa shape index (κ2) is 4.59. The maximum absolute atomic E-state index is 5.69. The second-order valence-electron chi connectivity index (χ2n) is 3.71. The number of aromatic nitrogens is 1. The van der Waals surface area contributed by atoms with E-state index in [0.717, 1.165) is 18.6 Å². The highest BCUT2D eigenvalue weighted by atomic mass is 16.5. The molecule has 0 aliphatic carbocycles. The smallest absolute Gasteiger partial charge is 0.212 e. The standard InChI is InChI=1S/C11H16N2O2/c1-14-10-3-2-9(7-13-10)11-8(6-12)4-5-15-11/h2-3,7-8,11H,4-6,12H2,1H3. The first-order valence-electron chi connectivity index (χ1n) is 5.16. The molecule has 1 aromatic heterocycles. The molecule has 82 valence electrons. The highest BCUT2D eigenvalue weighted by molar-refractivity contribution is 5.21. The molecule has 4 heteroatoms. The van der Waals surface area contributed by atoms with E-state index in [-0.39, 0.29) is 6.10 Å². The third-order valence-electron chi connectivity index (χ3n) is 2.81. The predicted octanol–water partition coefficient (Wildman–Crippen LogP) is 1.13. The second-order valence-corrected chi connectivity index (χ2v) is 3.71. The summed E-state index contributed by atoms with van der Waals surface area (Å²) in [7, 11) is 1.61. The highest BCUT2D eigenvalue weighted by Crippen LogP contribution is 2.33. The van der Waals surface area contributed by atoms with Crippen molar-refractivity contribution in [3.05, 3.63) is 23.9 Å². The molecule has 1 saturated heterocycles. The van der Waals surface area contributed by atoms with Gasteiger partial charge in [0.2, 0.25) is 5.88 Å². The van der Waals surface area contributed by atoms with Crippen LogP contribution in [-0.4, -0.2) is 25.2 Å². The molecule has 1 aliphatic rings. The summed E-state index contributed by atoms with van der Waals surface area (Å²) in [5.41, 5.74) is 6.78. The van der Waals surface area contributed by atoms with E-state index in [2.05, 4.69) is 4.98 Å². The average Bonchev–Trinajstić information content (AvgIpc) is 2.77. The van der Waals surface area contributed by atoms with Gasteiger partial charge in [-0.25, -0.2) is 4.98 Å². The number of ether oxygens (including phenoxy) is 2. The van der Waals surface area contributed by atoms with Crippen molar-refractivity contribution in [1.82, 2.24) is 4.98 Å². The fourth-order valence-electron chi connectivity index (χ4n) is 1.92. The first-order chi connectivity index (χ1) is 7.35. The first kappa shape index (κ1) is 10.4. The SMILES string of the molecule is COc1ccc(C2OCCC2CN)cn1. The zero-order chi connectivity index (χ0) is 10.7. The lowest BCUT2D eigenvalue weighted by Crippen LogP contribution is -2.17. The molecule has 2 atom stereocenters. The van der Waals surface area contributed by atoms with Gasteiger partial charge in [0.15, 0.2) is 0 Å². The first-order valence-corrected chi connectivity index (χ1v) is 5.16. The van der Waals surface area contributed by atoms with Crippen LogP contribution in [0.15, 0.2) is 18.3 Å². The van der Waals surface area contributed by atoms with Gasteiger partial charge in [-0.15, -0.1) is 0 Å². The van der Waals surface area contributed by atoms with Crippen molar-refractivity contribution >= 4 is 0 Å². The largest absolute Gasteiger partial charge is 0.481 e. The van der Waals surface area contributed by atoms with Gasteiger partial charge in [0.25, 0.3) is 0 Å². The molecule has 0 saturated carbocycles. The Labute approximate surface area is 89.4 Å². The van der Waals surface area contributed by atoms with Gasteiger partial charge in [0.05, 0.1) is 13.2 Å². The number of pyridine rings is 1. The molecule has 15 heavy (non-hydrogen) atoms. The summed E-state index contributed by atoms with van der Waals surface area (Å²) in [6.45, 7) is 1.45. The molecule has 2 heterocycles. The van der Waals surface area contributed by atoms with Crippen LogP contribution in [0.25, 0.3) is 0 Å². The average molecular weight is 208 g/mol. The molecule has 0 radical (unpaired) electrons. The minimum Gasteiger partial charge on any atom is -0.481 e. The van der Waals surface area contributed by atoms with Crippen molar-refractivity contribution in [1.29, 1.82) is 0 Å². The van der Waals surface area contributed by atoms with Crippen LogP contribution in [0, 0.1) is 5.92 Å². The monoisotopic (exact) mass is 208 g/mol. The van der Waals surface area contributed by atoms with E-state index >= 15 is 0 Å². The van der Waals surface area contributed by atoms with Gasteiger partial charge in [0, 0.05) is 24.8 Å². The Morgan fingerprint density at radius 1 is 1.60 bits per heavy atom. The summed E-state index contributed by atoms with van der Waals surface area (Å²) >= 11 is 0. The van der Waals surface area contributed by atoms with Crippen LogP contribution in [0.1, 0.15) is 18.1 Å². The van der Waals surface area contributed by atoms with E-state index in [1.54, 1.807) is 13.3 Å². The summed E-state index contributed by atoms with van der Waals surface area (Å²) in [5, 5.41) is 0. The Morgan fingerprint density at radius 2 is 2.47 bits per heavy atom. The highest BCUT2D eigenvalue weighted by Gasteiger charge is 2.28. The van der Waals surface area contributed by atoms with Crippen LogP contribution in [0.3, 0.4) is 0 Å². The topological polar surface area (TPSA) is 57.4 Å². The van der Waals surface area contributed by atoms with E-state index in [1.807, 2.05) is 12.1 Å². The molecule has 2 N–H and O–H groups in total. The normalized spacial score (nSPS) is 25.5. The number of hydrogen-bond acceptors (Lipinski definition) is 4. The van der Waals surface area contributed by atoms with Crippen LogP contribution in [0.5, 0.6) is 5.88 Å². The van der Waals surface area contributed by atoms with E-state index in [9.17, 15) is 0 Å². The lowest BCUT2D eigenvalue weighted by Gasteiger charge is -2.16. The van der Waals surface area contributed by atoms with Gasteiger partial charge >= 0.3 is 0 Å². The number of methoxy groups -OCH3 is 1. The molecular weight excluding hydrogens is 192 g/mol. The maximum atomic E-state index is 5.69. The summed E-state index contributed by atoms with van der Waals surface area (Å²) < 4.78 is 10.7. The van der Waals surface area contributed by atoms with Crippen molar-refractivity contribution < 1.29 is 9.47 Å². The van der Waals surface area contributed by atoms with Gasteiger partial charge < -0.3 is 15.2 Å². The summed E-state index contributed by atoms with van der Waals surface area (Å²) in [6, 6.07) is 3.84. The van der Waals surface area contributed by atoms with Crippen molar-refractivity contribution in [3.8, 4) is 5.88 Å². The Bertz CT molecular complexity index is 313. The molecule has 0 bridgehead atoms. The van der Waals surface area contributed by atoms with Gasteiger partial charge in [0.1, 0.15) is 0 Å². The number of nitrogens with two attached hydrogens (primary N) is 1. The summed E-state index contributed by atoms with van der Waals surface area (Å²) in [5.74, 6) is 1.04. The molecule has 2 rings (SSSR count). The van der Waals surface area contributed by atoms with E-state index in [0.29, 0.717) is 18.3 Å². The Balaban J connectivity index is 2.14. The number of hydrogen-bond donors (Lipinski definition) is 1. The molecule has 1 fully saturated rings. The zero-order valence-electron chi connectivity index (χ0n) is 8.85. The van der Waals surface area contributed by atoms with E-state index in [1.165, 1.54) is 0 Å². The third-order valence-corrected chi connectivity index (χ3v) is 2.81. The minimum absolute atomic E-state index is 0.105.